The van der Waals surface area contributed by atoms with Crippen molar-refractivity contribution in [3.05, 3.63) is 72.1 Å². The molecule has 0 heterocycles. The fourth-order valence-electron chi connectivity index (χ4n) is 1.93. The zero-order chi connectivity index (χ0) is 13.7. The van der Waals surface area contributed by atoms with Gasteiger partial charge in [0, 0.05) is 0 Å². The number of hydrogen-bond acceptors (Lipinski definition) is 0. The fourth-order valence-corrected chi connectivity index (χ4v) is 6.42. The first kappa shape index (κ1) is 14.0. The third kappa shape index (κ3) is 4.33. The van der Waals surface area contributed by atoms with E-state index in [1.807, 2.05) is 0 Å². The molecule has 0 aliphatic rings. The molecule has 0 aliphatic carbocycles. The van der Waals surface area contributed by atoms with Gasteiger partial charge < -0.3 is 0 Å². The predicted molar refractivity (Wildman–Crippen MR) is 90.4 cm³/mol. The van der Waals surface area contributed by atoms with Gasteiger partial charge in [-0.1, -0.05) is 96.4 Å². The van der Waals surface area contributed by atoms with Gasteiger partial charge in [0.25, 0.3) is 0 Å². The highest BCUT2D eigenvalue weighted by molar-refractivity contribution is 6.91. The third-order valence-electron chi connectivity index (χ3n) is 2.92. The molecular formula is C17H21Si2. The van der Waals surface area contributed by atoms with Crippen molar-refractivity contribution in [2.45, 2.75) is 19.6 Å². The highest BCUT2D eigenvalue weighted by Crippen LogP contribution is 2.03. The Morgan fingerprint density at radius 2 is 1.16 bits per heavy atom. The lowest BCUT2D eigenvalue weighted by Gasteiger charge is -2.15. The van der Waals surface area contributed by atoms with Gasteiger partial charge in [-0.15, -0.1) is 5.70 Å². The Balaban J connectivity index is 2.38. The molecule has 0 aliphatic heterocycles. The molecule has 0 unspecified atom stereocenters. The molecule has 0 saturated carbocycles. The molecule has 2 aromatic carbocycles. The smallest absolute Gasteiger partial charge is 0.102 e. The minimum Gasteiger partial charge on any atom is -0.102 e. The normalized spacial score (nSPS) is 12.2. The standard InChI is InChI=1S/C17H21Si2/c1-19(2,3)15-14-18(16-10-6-4-7-11-16)17-12-8-5-9-13-17/h4-15H,1-3H3/b15-14+. The van der Waals surface area contributed by atoms with Gasteiger partial charge in [-0.2, -0.15) is 0 Å². The highest BCUT2D eigenvalue weighted by Gasteiger charge is 2.15. The van der Waals surface area contributed by atoms with Crippen LogP contribution in [0.2, 0.25) is 19.6 Å². The van der Waals surface area contributed by atoms with Crippen molar-refractivity contribution in [2.75, 3.05) is 0 Å². The zero-order valence-electron chi connectivity index (χ0n) is 11.9. The molecule has 0 aromatic heterocycles. The molecule has 0 bridgehead atoms. The van der Waals surface area contributed by atoms with E-state index in [4.69, 9.17) is 0 Å². The van der Waals surface area contributed by atoms with Crippen molar-refractivity contribution < 1.29 is 0 Å². The van der Waals surface area contributed by atoms with Gasteiger partial charge in [0.1, 0.15) is 8.80 Å². The molecule has 97 valence electrons. The SMILES string of the molecule is C[Si](C)(C)/C=C/[Si](c1ccccc1)c1ccccc1. The Kier molecular flexibility index (Phi) is 4.56. The van der Waals surface area contributed by atoms with Crippen LogP contribution in [-0.4, -0.2) is 16.9 Å². The Morgan fingerprint density at radius 1 is 0.737 bits per heavy atom. The summed E-state index contributed by atoms with van der Waals surface area (Å²) in [6, 6.07) is 21.8. The van der Waals surface area contributed by atoms with Gasteiger partial charge in [0.2, 0.25) is 0 Å². The van der Waals surface area contributed by atoms with E-state index in [-0.39, 0.29) is 0 Å². The first-order valence-electron chi connectivity index (χ1n) is 6.73. The Bertz CT molecular complexity index is 485. The molecule has 0 fully saturated rings. The summed E-state index contributed by atoms with van der Waals surface area (Å²) in [5, 5.41) is 2.93. The Morgan fingerprint density at radius 3 is 1.53 bits per heavy atom. The maximum atomic E-state index is 2.49. The van der Waals surface area contributed by atoms with Crippen LogP contribution in [0, 0.1) is 0 Å². The van der Waals surface area contributed by atoms with Crippen molar-refractivity contribution in [3.8, 4) is 0 Å². The molecule has 2 rings (SSSR count). The summed E-state index contributed by atoms with van der Waals surface area (Å²) in [5.41, 5.74) is 4.98. The second-order valence-electron chi connectivity index (χ2n) is 5.85. The molecule has 0 spiro atoms. The van der Waals surface area contributed by atoms with E-state index in [1.54, 1.807) is 0 Å². The minimum absolute atomic E-state index is 0.779. The molecule has 0 atom stereocenters. The van der Waals surface area contributed by atoms with Crippen LogP contribution in [0.15, 0.2) is 72.1 Å². The van der Waals surface area contributed by atoms with Gasteiger partial charge in [0.15, 0.2) is 0 Å². The maximum absolute atomic E-state index is 2.49. The van der Waals surface area contributed by atoms with E-state index in [0.717, 1.165) is 0 Å². The van der Waals surface area contributed by atoms with Gasteiger partial charge in [-0.25, -0.2) is 0 Å². The lowest BCUT2D eigenvalue weighted by molar-refractivity contribution is 1.73. The quantitative estimate of drug-likeness (QED) is 0.755. The molecule has 0 nitrogen and oxygen atoms in total. The molecule has 19 heavy (non-hydrogen) atoms. The molecule has 0 amide bonds. The lowest BCUT2D eigenvalue weighted by Crippen LogP contribution is -2.41. The topological polar surface area (TPSA) is 0 Å². The van der Waals surface area contributed by atoms with Gasteiger partial charge in [-0.05, 0) is 0 Å². The molecule has 1 radical (unpaired) electrons. The second-order valence-corrected chi connectivity index (χ2v) is 13.2. The number of hydrogen-bond donors (Lipinski definition) is 0. The lowest BCUT2D eigenvalue weighted by atomic mass is 10.4. The van der Waals surface area contributed by atoms with Crippen molar-refractivity contribution in [1.82, 2.24) is 0 Å². The van der Waals surface area contributed by atoms with Gasteiger partial charge in [-0.3, -0.25) is 0 Å². The number of benzene rings is 2. The highest BCUT2D eigenvalue weighted by atomic mass is 28.3. The van der Waals surface area contributed by atoms with Gasteiger partial charge in [0.05, 0.1) is 8.07 Å². The molecule has 0 N–H and O–H groups in total. The first-order valence-corrected chi connectivity index (χ1v) is 11.9. The van der Waals surface area contributed by atoms with Crippen molar-refractivity contribution in [1.29, 1.82) is 0 Å². The van der Waals surface area contributed by atoms with Crippen LogP contribution in [0.1, 0.15) is 0 Å². The average Bonchev–Trinajstić information content (AvgIpc) is 2.40. The largest absolute Gasteiger partial charge is 0.146 e. The molecule has 2 heteroatoms. The Labute approximate surface area is 119 Å². The van der Waals surface area contributed by atoms with Gasteiger partial charge >= 0.3 is 0 Å². The summed E-state index contributed by atoms with van der Waals surface area (Å²) in [7, 11) is -1.92. The zero-order valence-corrected chi connectivity index (χ0v) is 13.9. The van der Waals surface area contributed by atoms with Crippen molar-refractivity contribution >= 4 is 27.2 Å². The summed E-state index contributed by atoms with van der Waals surface area (Å²) >= 11 is 0. The fraction of sp³-hybridized carbons (Fsp3) is 0.176. The van der Waals surface area contributed by atoms with Crippen molar-refractivity contribution in [3.63, 3.8) is 0 Å². The summed E-state index contributed by atoms with van der Waals surface area (Å²) in [6.45, 7) is 7.16. The minimum atomic E-state index is -1.14. The van der Waals surface area contributed by atoms with Crippen LogP contribution in [-0.2, 0) is 0 Å². The van der Waals surface area contributed by atoms with E-state index in [2.05, 4.69) is 91.7 Å². The number of rotatable bonds is 4. The monoisotopic (exact) mass is 281 g/mol. The third-order valence-corrected chi connectivity index (χ3v) is 6.83. The second kappa shape index (κ2) is 6.17. The van der Waals surface area contributed by atoms with E-state index < -0.39 is 16.9 Å². The first-order chi connectivity index (χ1) is 9.06. The van der Waals surface area contributed by atoms with Crippen LogP contribution in [0.5, 0.6) is 0 Å². The molecule has 2 aromatic rings. The van der Waals surface area contributed by atoms with Crippen LogP contribution in [0.3, 0.4) is 0 Å². The molecule has 0 saturated heterocycles. The van der Waals surface area contributed by atoms with Crippen molar-refractivity contribution in [2.24, 2.45) is 0 Å². The summed E-state index contributed by atoms with van der Waals surface area (Å²) in [5.74, 6) is 0. The maximum Gasteiger partial charge on any atom is 0.146 e. The van der Waals surface area contributed by atoms with E-state index in [9.17, 15) is 0 Å². The summed E-state index contributed by atoms with van der Waals surface area (Å²) in [4.78, 5) is 0. The molecular weight excluding hydrogens is 260 g/mol. The van der Waals surface area contributed by atoms with E-state index >= 15 is 0 Å². The van der Waals surface area contributed by atoms with Crippen LogP contribution in [0.4, 0.5) is 0 Å². The summed E-state index contributed by atoms with van der Waals surface area (Å²) < 4.78 is 0. The predicted octanol–water partition coefficient (Wildman–Crippen LogP) is 3.27. The van der Waals surface area contributed by atoms with Crippen LogP contribution >= 0.6 is 0 Å². The van der Waals surface area contributed by atoms with Crippen LogP contribution < -0.4 is 10.4 Å². The Hall–Kier alpha value is -1.39. The summed E-state index contributed by atoms with van der Waals surface area (Å²) in [6.07, 6.45) is 0. The van der Waals surface area contributed by atoms with Crippen LogP contribution in [0.25, 0.3) is 0 Å². The van der Waals surface area contributed by atoms with E-state index in [0.29, 0.717) is 0 Å². The van der Waals surface area contributed by atoms with E-state index in [1.165, 1.54) is 10.4 Å². The average molecular weight is 282 g/mol.